The molecular weight excluding hydrogens is 300 g/mol. The van der Waals surface area contributed by atoms with Gasteiger partial charge in [-0.25, -0.2) is 0 Å². The van der Waals surface area contributed by atoms with Crippen LogP contribution in [-0.4, -0.2) is 22.8 Å². The van der Waals surface area contributed by atoms with Crippen LogP contribution in [0.25, 0.3) is 0 Å². The molecule has 0 aromatic carbocycles. The van der Waals surface area contributed by atoms with Gasteiger partial charge in [-0.3, -0.25) is 9.59 Å². The molecule has 1 unspecified atom stereocenters. The largest absolute Gasteiger partial charge is 0.393 e. The monoisotopic (exact) mass is 330 g/mol. The van der Waals surface area contributed by atoms with Gasteiger partial charge in [0.15, 0.2) is 5.78 Å². The lowest BCUT2D eigenvalue weighted by atomic mass is 9.46. The standard InChI is InChI=1S/C21H30O3/c1-12(22)16-6-7-17-15-5-4-13-10-14(23)8-9-20(13,2)19(15)18(24)11-21(16,17)3/h10,15-19,24H,4-9,11H2,1-3H3/t15-,16+,17-,18?,19+,20-,21+/m1/s1. The Labute approximate surface area is 144 Å². The molecule has 3 nitrogen and oxygen atoms in total. The number of hydrogen-bond donors (Lipinski definition) is 1. The minimum Gasteiger partial charge on any atom is -0.393 e. The first-order valence-electron chi connectivity index (χ1n) is 9.70. The molecule has 0 amide bonds. The van der Waals surface area contributed by atoms with E-state index in [0.717, 1.165) is 38.5 Å². The Morgan fingerprint density at radius 3 is 2.67 bits per heavy atom. The number of ketones is 2. The molecule has 0 bridgehead atoms. The summed E-state index contributed by atoms with van der Waals surface area (Å²) < 4.78 is 0. The molecule has 132 valence electrons. The number of aliphatic hydroxyl groups excluding tert-OH is 1. The Morgan fingerprint density at radius 1 is 1.21 bits per heavy atom. The third kappa shape index (κ3) is 2.06. The van der Waals surface area contributed by atoms with E-state index in [1.807, 2.05) is 6.08 Å². The highest BCUT2D eigenvalue weighted by molar-refractivity contribution is 5.91. The first-order chi connectivity index (χ1) is 11.3. The van der Waals surface area contributed by atoms with Crippen molar-refractivity contribution in [2.24, 2.45) is 34.5 Å². The first-order valence-corrected chi connectivity index (χ1v) is 9.70. The van der Waals surface area contributed by atoms with Gasteiger partial charge >= 0.3 is 0 Å². The molecule has 3 saturated carbocycles. The first kappa shape index (κ1) is 16.5. The maximum Gasteiger partial charge on any atom is 0.155 e. The molecule has 3 heteroatoms. The smallest absolute Gasteiger partial charge is 0.155 e. The molecular formula is C21H30O3. The van der Waals surface area contributed by atoms with Crippen LogP contribution in [0.3, 0.4) is 0 Å². The van der Waals surface area contributed by atoms with Crippen LogP contribution in [0.5, 0.6) is 0 Å². The molecule has 0 radical (unpaired) electrons. The zero-order chi connectivity index (χ0) is 17.3. The number of Topliss-reactive ketones (excluding diaryl/α,β-unsaturated/α-hetero) is 1. The van der Waals surface area contributed by atoms with Crippen molar-refractivity contribution in [2.45, 2.75) is 71.8 Å². The van der Waals surface area contributed by atoms with Crippen molar-refractivity contribution in [3.05, 3.63) is 11.6 Å². The number of allylic oxidation sites excluding steroid dienone is 1. The molecule has 0 aromatic rings. The van der Waals surface area contributed by atoms with Crippen LogP contribution in [0.4, 0.5) is 0 Å². The van der Waals surface area contributed by atoms with E-state index < -0.39 is 0 Å². The van der Waals surface area contributed by atoms with E-state index in [0.29, 0.717) is 24.0 Å². The minimum absolute atomic E-state index is 0.0219. The number of carbonyl (C=O) groups excluding carboxylic acids is 2. The number of fused-ring (bicyclic) bond motifs is 5. The van der Waals surface area contributed by atoms with Gasteiger partial charge in [0.05, 0.1) is 6.10 Å². The number of carbonyl (C=O) groups is 2. The van der Waals surface area contributed by atoms with Gasteiger partial charge in [0.25, 0.3) is 0 Å². The highest BCUT2D eigenvalue weighted by Crippen LogP contribution is 2.66. The molecule has 3 fully saturated rings. The van der Waals surface area contributed by atoms with E-state index in [2.05, 4.69) is 13.8 Å². The third-order valence-electron chi connectivity index (χ3n) is 8.38. The van der Waals surface area contributed by atoms with Gasteiger partial charge in [0, 0.05) is 12.3 Å². The quantitative estimate of drug-likeness (QED) is 0.797. The Morgan fingerprint density at radius 2 is 1.96 bits per heavy atom. The molecule has 7 atom stereocenters. The molecule has 24 heavy (non-hydrogen) atoms. The van der Waals surface area contributed by atoms with Crippen LogP contribution in [0.15, 0.2) is 11.6 Å². The second kappa shape index (κ2) is 5.27. The summed E-state index contributed by atoms with van der Waals surface area (Å²) >= 11 is 0. The van der Waals surface area contributed by atoms with Gasteiger partial charge in [-0.2, -0.15) is 0 Å². The van der Waals surface area contributed by atoms with E-state index in [1.165, 1.54) is 5.57 Å². The highest BCUT2D eigenvalue weighted by atomic mass is 16.3. The summed E-state index contributed by atoms with van der Waals surface area (Å²) in [5, 5.41) is 11.2. The Kier molecular flexibility index (Phi) is 3.62. The fourth-order valence-corrected chi connectivity index (χ4v) is 7.35. The lowest BCUT2D eigenvalue weighted by Gasteiger charge is -2.59. The van der Waals surface area contributed by atoms with Gasteiger partial charge in [0.2, 0.25) is 0 Å². The third-order valence-corrected chi connectivity index (χ3v) is 8.38. The lowest BCUT2D eigenvalue weighted by molar-refractivity contribution is -0.143. The fourth-order valence-electron chi connectivity index (χ4n) is 7.35. The zero-order valence-electron chi connectivity index (χ0n) is 15.2. The van der Waals surface area contributed by atoms with E-state index in [4.69, 9.17) is 0 Å². The maximum absolute atomic E-state index is 12.2. The molecule has 0 aromatic heterocycles. The number of hydrogen-bond acceptors (Lipinski definition) is 3. The Balaban J connectivity index is 1.72. The SMILES string of the molecule is CC(=O)[C@@H]1CC[C@@H]2[C@H]3CCC4=CC(=O)CC[C@@]4(C)[C@@H]3C(O)C[C@]21C. The summed E-state index contributed by atoms with van der Waals surface area (Å²) in [5.41, 5.74) is 1.23. The van der Waals surface area contributed by atoms with E-state index >= 15 is 0 Å². The zero-order valence-corrected chi connectivity index (χ0v) is 15.2. The van der Waals surface area contributed by atoms with Gasteiger partial charge < -0.3 is 5.11 Å². The average molecular weight is 330 g/mol. The topological polar surface area (TPSA) is 54.4 Å². The molecule has 1 N–H and O–H groups in total. The number of rotatable bonds is 1. The molecule has 0 spiro atoms. The Hall–Kier alpha value is -0.960. The average Bonchev–Trinajstić information content (AvgIpc) is 2.84. The van der Waals surface area contributed by atoms with Crippen LogP contribution in [0.2, 0.25) is 0 Å². The summed E-state index contributed by atoms with van der Waals surface area (Å²) in [5.74, 6) is 1.99. The van der Waals surface area contributed by atoms with Crippen LogP contribution >= 0.6 is 0 Å². The predicted octanol–water partition coefficient (Wildman–Crippen LogP) is 3.69. The van der Waals surface area contributed by atoms with Crippen molar-refractivity contribution in [1.82, 2.24) is 0 Å². The molecule has 4 rings (SSSR count). The van der Waals surface area contributed by atoms with E-state index in [9.17, 15) is 14.7 Å². The molecule has 0 heterocycles. The van der Waals surface area contributed by atoms with E-state index in [-0.39, 0.29) is 34.6 Å². The maximum atomic E-state index is 12.2. The summed E-state index contributed by atoms with van der Waals surface area (Å²) in [6.45, 7) is 6.27. The van der Waals surface area contributed by atoms with E-state index in [1.54, 1.807) is 6.92 Å². The predicted molar refractivity (Wildman–Crippen MR) is 92.3 cm³/mol. The molecule has 0 aliphatic heterocycles. The number of aliphatic hydroxyl groups is 1. The van der Waals surface area contributed by atoms with Crippen LogP contribution < -0.4 is 0 Å². The van der Waals surface area contributed by atoms with Crippen molar-refractivity contribution >= 4 is 11.6 Å². The fraction of sp³-hybridized carbons (Fsp3) is 0.810. The van der Waals surface area contributed by atoms with Gasteiger partial charge in [0.1, 0.15) is 5.78 Å². The summed E-state index contributed by atoms with van der Waals surface area (Å²) in [6, 6.07) is 0. The second-order valence-corrected chi connectivity index (χ2v) is 9.41. The summed E-state index contributed by atoms with van der Waals surface area (Å²) in [7, 11) is 0. The van der Waals surface area contributed by atoms with Crippen LogP contribution in [0.1, 0.15) is 65.7 Å². The van der Waals surface area contributed by atoms with Crippen LogP contribution in [-0.2, 0) is 9.59 Å². The van der Waals surface area contributed by atoms with Gasteiger partial charge in [-0.05, 0) is 80.1 Å². The molecule has 4 aliphatic carbocycles. The van der Waals surface area contributed by atoms with Crippen LogP contribution in [0, 0.1) is 34.5 Å². The van der Waals surface area contributed by atoms with Crippen molar-refractivity contribution in [2.75, 3.05) is 0 Å². The Bertz CT molecular complexity index is 621. The van der Waals surface area contributed by atoms with Crippen molar-refractivity contribution in [3.63, 3.8) is 0 Å². The highest BCUT2D eigenvalue weighted by Gasteiger charge is 2.62. The minimum atomic E-state index is -0.349. The van der Waals surface area contributed by atoms with Crippen molar-refractivity contribution < 1.29 is 14.7 Å². The normalized spacial score (nSPS) is 50.6. The molecule has 0 saturated heterocycles. The summed E-state index contributed by atoms with van der Waals surface area (Å²) in [4.78, 5) is 24.0. The van der Waals surface area contributed by atoms with Gasteiger partial charge in [-0.15, -0.1) is 0 Å². The second-order valence-electron chi connectivity index (χ2n) is 9.41. The van der Waals surface area contributed by atoms with Crippen molar-refractivity contribution in [3.8, 4) is 0 Å². The molecule has 4 aliphatic rings. The van der Waals surface area contributed by atoms with Gasteiger partial charge in [-0.1, -0.05) is 19.4 Å². The van der Waals surface area contributed by atoms with Crippen molar-refractivity contribution in [1.29, 1.82) is 0 Å². The summed E-state index contributed by atoms with van der Waals surface area (Å²) in [6.07, 6.45) is 7.97. The lowest BCUT2D eigenvalue weighted by Crippen LogP contribution is -2.56.